The van der Waals surface area contributed by atoms with Gasteiger partial charge in [0.2, 0.25) is 5.91 Å². The monoisotopic (exact) mass is 455 g/mol. The SMILES string of the molecule is COc1cc(Br)c(CCNC(=O)Cc2ccc(Br)cc2)cc1OC. The molecule has 0 bridgehead atoms. The molecule has 2 rings (SSSR count). The lowest BCUT2D eigenvalue weighted by Gasteiger charge is -2.12. The van der Waals surface area contributed by atoms with E-state index in [9.17, 15) is 4.79 Å². The summed E-state index contributed by atoms with van der Waals surface area (Å²) in [6, 6.07) is 11.5. The lowest BCUT2D eigenvalue weighted by Crippen LogP contribution is -2.27. The Morgan fingerprint density at radius 2 is 1.67 bits per heavy atom. The van der Waals surface area contributed by atoms with Crippen LogP contribution in [0.3, 0.4) is 0 Å². The van der Waals surface area contributed by atoms with Gasteiger partial charge in [-0.25, -0.2) is 0 Å². The topological polar surface area (TPSA) is 47.6 Å². The average Bonchev–Trinajstić information content (AvgIpc) is 2.58. The Balaban J connectivity index is 1.89. The number of hydrogen-bond acceptors (Lipinski definition) is 3. The van der Waals surface area contributed by atoms with Gasteiger partial charge < -0.3 is 14.8 Å². The van der Waals surface area contributed by atoms with Gasteiger partial charge in [-0.15, -0.1) is 0 Å². The zero-order chi connectivity index (χ0) is 17.5. The Kier molecular flexibility index (Phi) is 7.12. The first-order valence-electron chi connectivity index (χ1n) is 7.45. The molecule has 0 radical (unpaired) electrons. The minimum Gasteiger partial charge on any atom is -0.493 e. The van der Waals surface area contributed by atoms with Crippen LogP contribution in [0.5, 0.6) is 11.5 Å². The van der Waals surface area contributed by atoms with Crippen LogP contribution < -0.4 is 14.8 Å². The van der Waals surface area contributed by atoms with E-state index in [4.69, 9.17) is 9.47 Å². The Labute approximate surface area is 158 Å². The number of nitrogens with one attached hydrogen (secondary N) is 1. The van der Waals surface area contributed by atoms with Crippen LogP contribution in [0.4, 0.5) is 0 Å². The van der Waals surface area contributed by atoms with E-state index in [1.807, 2.05) is 36.4 Å². The van der Waals surface area contributed by atoms with Crippen molar-refractivity contribution in [2.24, 2.45) is 0 Å². The first-order chi connectivity index (χ1) is 11.5. The highest BCUT2D eigenvalue weighted by Crippen LogP contribution is 2.33. The second kappa shape index (κ2) is 9.08. The fourth-order valence-electron chi connectivity index (χ4n) is 2.27. The highest BCUT2D eigenvalue weighted by atomic mass is 79.9. The molecule has 0 aromatic heterocycles. The van der Waals surface area contributed by atoms with Crippen molar-refractivity contribution in [2.45, 2.75) is 12.8 Å². The second-order valence-corrected chi connectivity index (χ2v) is 6.97. The van der Waals surface area contributed by atoms with Crippen LogP contribution in [0.25, 0.3) is 0 Å². The molecule has 0 aliphatic heterocycles. The molecule has 0 atom stereocenters. The van der Waals surface area contributed by atoms with Gasteiger partial charge in [-0.1, -0.05) is 44.0 Å². The minimum absolute atomic E-state index is 0.00826. The number of rotatable bonds is 7. The lowest BCUT2D eigenvalue weighted by molar-refractivity contribution is -0.120. The number of amides is 1. The van der Waals surface area contributed by atoms with Crippen LogP contribution in [0.2, 0.25) is 0 Å². The van der Waals surface area contributed by atoms with E-state index in [1.165, 1.54) is 0 Å². The predicted octanol–water partition coefficient (Wildman–Crippen LogP) is 4.13. The maximum atomic E-state index is 12.0. The number of halogens is 2. The van der Waals surface area contributed by atoms with Crippen LogP contribution in [-0.4, -0.2) is 26.7 Å². The van der Waals surface area contributed by atoms with Crippen molar-refractivity contribution in [3.05, 3.63) is 56.5 Å². The molecule has 0 saturated heterocycles. The quantitative estimate of drug-likeness (QED) is 0.681. The smallest absolute Gasteiger partial charge is 0.224 e. The molecule has 0 aliphatic carbocycles. The Morgan fingerprint density at radius 1 is 1.04 bits per heavy atom. The summed E-state index contributed by atoms with van der Waals surface area (Å²) in [5.74, 6) is 1.36. The second-order valence-electron chi connectivity index (χ2n) is 5.20. The molecule has 2 aromatic rings. The van der Waals surface area contributed by atoms with Crippen LogP contribution >= 0.6 is 31.9 Å². The van der Waals surface area contributed by atoms with E-state index >= 15 is 0 Å². The molecule has 0 aliphatic rings. The zero-order valence-corrected chi connectivity index (χ0v) is 16.7. The molecule has 6 heteroatoms. The predicted molar refractivity (Wildman–Crippen MR) is 102 cm³/mol. The summed E-state index contributed by atoms with van der Waals surface area (Å²) < 4.78 is 12.5. The van der Waals surface area contributed by atoms with E-state index < -0.39 is 0 Å². The Morgan fingerprint density at radius 3 is 2.29 bits per heavy atom. The third kappa shape index (κ3) is 5.24. The lowest BCUT2D eigenvalue weighted by atomic mass is 10.1. The van der Waals surface area contributed by atoms with E-state index in [0.29, 0.717) is 30.9 Å². The zero-order valence-electron chi connectivity index (χ0n) is 13.6. The maximum Gasteiger partial charge on any atom is 0.224 e. The largest absolute Gasteiger partial charge is 0.493 e. The summed E-state index contributed by atoms with van der Waals surface area (Å²) in [5.41, 5.74) is 2.04. The average molecular weight is 457 g/mol. The van der Waals surface area contributed by atoms with E-state index in [-0.39, 0.29) is 5.91 Å². The van der Waals surface area contributed by atoms with Gasteiger partial charge in [0.25, 0.3) is 0 Å². The van der Waals surface area contributed by atoms with Crippen LogP contribution in [-0.2, 0) is 17.6 Å². The maximum absolute atomic E-state index is 12.0. The third-order valence-electron chi connectivity index (χ3n) is 3.55. The normalized spacial score (nSPS) is 10.3. The Bertz CT molecular complexity index is 702. The highest BCUT2D eigenvalue weighted by molar-refractivity contribution is 9.10. The van der Waals surface area contributed by atoms with Crippen molar-refractivity contribution < 1.29 is 14.3 Å². The first-order valence-corrected chi connectivity index (χ1v) is 9.03. The molecule has 4 nitrogen and oxygen atoms in total. The molecular weight excluding hydrogens is 438 g/mol. The minimum atomic E-state index is 0.00826. The van der Waals surface area contributed by atoms with Gasteiger partial charge in [-0.3, -0.25) is 4.79 Å². The first kappa shape index (κ1) is 18.8. The van der Waals surface area contributed by atoms with Gasteiger partial charge in [-0.2, -0.15) is 0 Å². The molecule has 24 heavy (non-hydrogen) atoms. The summed E-state index contributed by atoms with van der Waals surface area (Å²) in [4.78, 5) is 12.0. The molecule has 0 spiro atoms. The summed E-state index contributed by atoms with van der Waals surface area (Å²) in [6.45, 7) is 0.559. The third-order valence-corrected chi connectivity index (χ3v) is 4.81. The van der Waals surface area contributed by atoms with Crippen molar-refractivity contribution in [1.82, 2.24) is 5.32 Å². The molecular formula is C18H19Br2NO3. The summed E-state index contributed by atoms with van der Waals surface area (Å²) in [7, 11) is 3.21. The van der Waals surface area contributed by atoms with E-state index in [2.05, 4.69) is 37.2 Å². The van der Waals surface area contributed by atoms with Crippen LogP contribution in [0, 0.1) is 0 Å². The van der Waals surface area contributed by atoms with Crippen molar-refractivity contribution in [3.8, 4) is 11.5 Å². The van der Waals surface area contributed by atoms with E-state index in [1.54, 1.807) is 14.2 Å². The van der Waals surface area contributed by atoms with Crippen LogP contribution in [0.15, 0.2) is 45.3 Å². The van der Waals surface area contributed by atoms with Crippen LogP contribution in [0.1, 0.15) is 11.1 Å². The summed E-state index contributed by atoms with van der Waals surface area (Å²) >= 11 is 6.91. The molecule has 0 heterocycles. The number of carbonyl (C=O) groups excluding carboxylic acids is 1. The standard InChI is InChI=1S/C18H19Br2NO3/c1-23-16-10-13(15(20)11-17(16)24-2)7-8-21-18(22)9-12-3-5-14(19)6-4-12/h3-6,10-11H,7-9H2,1-2H3,(H,21,22). The van der Waals surface area contributed by atoms with Crippen molar-refractivity contribution in [2.75, 3.05) is 20.8 Å². The van der Waals surface area contributed by atoms with Gasteiger partial charge >= 0.3 is 0 Å². The molecule has 128 valence electrons. The molecule has 1 N–H and O–H groups in total. The molecule has 2 aromatic carbocycles. The molecule has 1 amide bonds. The molecule has 0 unspecified atom stereocenters. The number of hydrogen-bond donors (Lipinski definition) is 1. The van der Waals surface area contributed by atoms with E-state index in [0.717, 1.165) is 20.1 Å². The summed E-state index contributed by atoms with van der Waals surface area (Å²) in [5, 5.41) is 2.94. The fraction of sp³-hybridized carbons (Fsp3) is 0.278. The summed E-state index contributed by atoms with van der Waals surface area (Å²) in [6.07, 6.45) is 1.08. The van der Waals surface area contributed by atoms with Gasteiger partial charge in [0.15, 0.2) is 11.5 Å². The number of carbonyl (C=O) groups is 1. The highest BCUT2D eigenvalue weighted by Gasteiger charge is 2.10. The molecule has 0 saturated carbocycles. The Hall–Kier alpha value is -1.53. The van der Waals surface area contributed by atoms with Gasteiger partial charge in [0.1, 0.15) is 0 Å². The van der Waals surface area contributed by atoms with Gasteiger partial charge in [0.05, 0.1) is 20.6 Å². The van der Waals surface area contributed by atoms with Gasteiger partial charge in [-0.05, 0) is 41.8 Å². The fourth-order valence-corrected chi connectivity index (χ4v) is 3.06. The number of benzene rings is 2. The molecule has 0 fully saturated rings. The van der Waals surface area contributed by atoms with Gasteiger partial charge in [0, 0.05) is 15.5 Å². The van der Waals surface area contributed by atoms with Crippen molar-refractivity contribution >= 4 is 37.8 Å². The number of ether oxygens (including phenoxy) is 2. The van der Waals surface area contributed by atoms with Crippen molar-refractivity contribution in [3.63, 3.8) is 0 Å². The number of methoxy groups -OCH3 is 2. The van der Waals surface area contributed by atoms with Crippen molar-refractivity contribution in [1.29, 1.82) is 0 Å².